The van der Waals surface area contributed by atoms with Crippen molar-refractivity contribution in [2.45, 2.75) is 45.1 Å². The van der Waals surface area contributed by atoms with Crippen LogP contribution >= 0.6 is 12.4 Å². The van der Waals surface area contributed by atoms with Crippen molar-refractivity contribution in [2.24, 2.45) is 11.1 Å². The van der Waals surface area contributed by atoms with E-state index in [2.05, 4.69) is 29.1 Å². The molecule has 0 spiro atoms. The summed E-state index contributed by atoms with van der Waals surface area (Å²) in [4.78, 5) is 15.0. The molecule has 1 aromatic carbocycles. The third-order valence-corrected chi connectivity index (χ3v) is 6.19. The van der Waals surface area contributed by atoms with Crippen LogP contribution in [-0.2, 0) is 11.2 Å². The summed E-state index contributed by atoms with van der Waals surface area (Å²) >= 11 is 0. The molecule has 1 aliphatic carbocycles. The van der Waals surface area contributed by atoms with E-state index in [0.717, 1.165) is 43.7 Å². The van der Waals surface area contributed by atoms with E-state index in [4.69, 9.17) is 9.47 Å². The van der Waals surface area contributed by atoms with E-state index in [9.17, 15) is 10.0 Å². The van der Waals surface area contributed by atoms with Crippen molar-refractivity contribution in [3.8, 4) is 11.5 Å². The lowest BCUT2D eigenvalue weighted by atomic mass is 9.72. The van der Waals surface area contributed by atoms with Crippen molar-refractivity contribution < 1.29 is 19.5 Å². The molecule has 2 aliphatic heterocycles. The van der Waals surface area contributed by atoms with Crippen LogP contribution in [0.25, 0.3) is 0 Å². The predicted octanol–water partition coefficient (Wildman–Crippen LogP) is 3.90. The first kappa shape index (κ1) is 20.5. The molecule has 152 valence electrons. The van der Waals surface area contributed by atoms with E-state index in [-0.39, 0.29) is 30.2 Å². The highest BCUT2D eigenvalue weighted by atomic mass is 35.5. The molecule has 0 unspecified atom stereocenters. The fourth-order valence-electron chi connectivity index (χ4n) is 4.99. The summed E-state index contributed by atoms with van der Waals surface area (Å²) in [6.45, 7) is 2.94. The number of nitrogens with zero attached hydrogens (tertiary/aromatic N) is 2. The number of fused-ring (bicyclic) bond motifs is 4. The Balaban J connectivity index is 0.00000225. The van der Waals surface area contributed by atoms with Crippen LogP contribution in [0.4, 0.5) is 0 Å². The number of rotatable bonds is 3. The molecule has 0 amide bonds. The van der Waals surface area contributed by atoms with E-state index in [1.165, 1.54) is 11.1 Å². The summed E-state index contributed by atoms with van der Waals surface area (Å²) in [6.07, 6.45) is 3.93. The summed E-state index contributed by atoms with van der Waals surface area (Å²) < 4.78 is 11.0. The van der Waals surface area contributed by atoms with Crippen LogP contribution in [0.3, 0.4) is 0 Å². The lowest BCUT2D eigenvalue weighted by Gasteiger charge is -2.49. The van der Waals surface area contributed by atoms with E-state index >= 15 is 0 Å². The zero-order chi connectivity index (χ0) is 19.1. The van der Waals surface area contributed by atoms with Crippen LogP contribution in [0.1, 0.15) is 49.8 Å². The van der Waals surface area contributed by atoms with Gasteiger partial charge in [0.25, 0.3) is 0 Å². The highest BCUT2D eigenvalue weighted by Crippen LogP contribution is 2.49. The molecular formula is C21H27ClN2O4. The van der Waals surface area contributed by atoms with Gasteiger partial charge in [-0.25, -0.2) is 0 Å². The number of oxime groups is 1. The third kappa shape index (κ3) is 2.94. The fourth-order valence-corrected chi connectivity index (χ4v) is 4.99. The number of allylic oxidation sites excluding steroid dienone is 2. The smallest absolute Gasteiger partial charge is 0.166 e. The summed E-state index contributed by atoms with van der Waals surface area (Å²) in [7, 11) is 3.29. The van der Waals surface area contributed by atoms with E-state index in [1.807, 2.05) is 0 Å². The zero-order valence-electron chi connectivity index (χ0n) is 16.5. The minimum Gasteiger partial charge on any atom is -0.493 e. The van der Waals surface area contributed by atoms with Crippen molar-refractivity contribution in [3.63, 3.8) is 0 Å². The van der Waals surface area contributed by atoms with Gasteiger partial charge < -0.3 is 19.6 Å². The van der Waals surface area contributed by atoms with Crippen molar-refractivity contribution in [1.29, 1.82) is 0 Å². The summed E-state index contributed by atoms with van der Waals surface area (Å²) in [5, 5.41) is 13.4. The number of methoxy groups -OCH3 is 2. The molecular weight excluding hydrogens is 380 g/mol. The van der Waals surface area contributed by atoms with E-state index < -0.39 is 0 Å². The lowest BCUT2D eigenvalue weighted by molar-refractivity contribution is -0.116. The number of hydrogen-bond donors (Lipinski definition) is 1. The van der Waals surface area contributed by atoms with E-state index in [1.54, 1.807) is 14.2 Å². The summed E-state index contributed by atoms with van der Waals surface area (Å²) in [5.74, 6) is 1.51. The molecule has 4 rings (SSSR count). The van der Waals surface area contributed by atoms with Crippen molar-refractivity contribution in [1.82, 2.24) is 4.90 Å². The Morgan fingerprint density at radius 3 is 2.54 bits per heavy atom. The Hall–Kier alpha value is -2.21. The van der Waals surface area contributed by atoms with Crippen molar-refractivity contribution >= 4 is 23.9 Å². The molecule has 0 fully saturated rings. The maximum absolute atomic E-state index is 12.7. The monoisotopic (exact) mass is 406 g/mol. The second-order valence-electron chi connectivity index (χ2n) is 7.39. The topological polar surface area (TPSA) is 71.4 Å². The molecule has 0 aromatic heterocycles. The first-order valence-electron chi connectivity index (χ1n) is 9.64. The Labute approximate surface area is 171 Å². The molecule has 1 N–H and O–H groups in total. The molecule has 6 nitrogen and oxygen atoms in total. The van der Waals surface area contributed by atoms with Crippen LogP contribution in [0.2, 0.25) is 0 Å². The number of carbonyl (C=O) groups is 1. The molecule has 3 aliphatic rings. The number of carbonyl (C=O) groups excluding carboxylic acids is 1. The third-order valence-electron chi connectivity index (χ3n) is 6.19. The Bertz CT molecular complexity index is 849. The minimum atomic E-state index is -0.0343. The molecule has 0 radical (unpaired) electrons. The van der Waals surface area contributed by atoms with Gasteiger partial charge >= 0.3 is 0 Å². The quantitative estimate of drug-likeness (QED) is 0.608. The fraction of sp³-hybridized carbons (Fsp3) is 0.524. The Morgan fingerprint density at radius 2 is 1.89 bits per heavy atom. The van der Waals surface area contributed by atoms with Gasteiger partial charge in [-0.1, -0.05) is 12.1 Å². The molecule has 7 heteroatoms. The zero-order valence-corrected chi connectivity index (χ0v) is 17.3. The first-order chi connectivity index (χ1) is 13.1. The predicted molar refractivity (Wildman–Crippen MR) is 109 cm³/mol. The van der Waals surface area contributed by atoms with Crippen molar-refractivity contribution in [2.75, 3.05) is 20.8 Å². The molecule has 28 heavy (non-hydrogen) atoms. The molecule has 1 aromatic rings. The number of halogens is 1. The summed E-state index contributed by atoms with van der Waals surface area (Å²) in [6, 6.07) is 4.16. The van der Waals surface area contributed by atoms with Crippen LogP contribution in [0.15, 0.2) is 28.6 Å². The number of hydrogen-bond acceptors (Lipinski definition) is 6. The normalized spacial score (nSPS) is 24.9. The van der Waals surface area contributed by atoms with Gasteiger partial charge in [0.05, 0.1) is 31.5 Å². The Kier molecular flexibility index (Phi) is 5.89. The number of ether oxygens (including phenoxy) is 2. The van der Waals surface area contributed by atoms with Gasteiger partial charge in [0.2, 0.25) is 0 Å². The standard InChI is InChI=1S/C21H26N2O4.ClH/c1-4-13-20(22-25)19-15(6-5-7-16(19)24)23-9-8-12-10-17(26-2)18(27-3)11-14(12)21(13)23;/h10-11,13,21,25H,4-9H2,1-3H3;1H/t13-,21+;/m0./s1. The second-order valence-corrected chi connectivity index (χ2v) is 7.39. The van der Waals surface area contributed by atoms with Gasteiger partial charge in [-0.2, -0.15) is 0 Å². The van der Waals surface area contributed by atoms with Gasteiger partial charge in [-0.15, -0.1) is 12.4 Å². The van der Waals surface area contributed by atoms with Crippen LogP contribution in [-0.4, -0.2) is 42.4 Å². The molecule has 2 heterocycles. The molecule has 2 atom stereocenters. The van der Waals surface area contributed by atoms with E-state index in [0.29, 0.717) is 23.5 Å². The average molecular weight is 407 g/mol. The SMILES string of the molecule is CC[C@H]1C(=NO)C2=C(CCCC2=O)N2CCc3cc(OC)c(OC)cc3[C@@H]12.Cl. The second kappa shape index (κ2) is 8.03. The summed E-state index contributed by atoms with van der Waals surface area (Å²) in [5.41, 5.74) is 4.68. The Morgan fingerprint density at radius 1 is 1.18 bits per heavy atom. The van der Waals surface area contributed by atoms with Crippen LogP contribution < -0.4 is 9.47 Å². The maximum atomic E-state index is 12.7. The van der Waals surface area contributed by atoms with Gasteiger partial charge in [0.1, 0.15) is 0 Å². The number of Topliss-reactive ketones (excluding diaryl/α,β-unsaturated/α-hetero) is 1. The first-order valence-corrected chi connectivity index (χ1v) is 9.64. The molecule has 0 saturated heterocycles. The van der Waals surface area contributed by atoms with Crippen LogP contribution in [0.5, 0.6) is 11.5 Å². The molecule has 0 saturated carbocycles. The van der Waals surface area contributed by atoms with Crippen LogP contribution in [0, 0.1) is 5.92 Å². The van der Waals surface area contributed by atoms with Gasteiger partial charge in [-0.3, -0.25) is 4.79 Å². The average Bonchev–Trinajstić information content (AvgIpc) is 2.71. The van der Waals surface area contributed by atoms with Gasteiger partial charge in [-0.05, 0) is 48.9 Å². The van der Waals surface area contributed by atoms with Gasteiger partial charge in [0, 0.05) is 24.6 Å². The van der Waals surface area contributed by atoms with Gasteiger partial charge in [0.15, 0.2) is 17.3 Å². The highest BCUT2D eigenvalue weighted by molar-refractivity contribution is 6.24. The molecule has 0 bridgehead atoms. The number of ketones is 1. The minimum absolute atomic E-state index is 0. The number of benzene rings is 1. The van der Waals surface area contributed by atoms with Crippen molar-refractivity contribution in [3.05, 3.63) is 34.5 Å². The highest BCUT2D eigenvalue weighted by Gasteiger charge is 2.46. The largest absolute Gasteiger partial charge is 0.493 e. The lowest BCUT2D eigenvalue weighted by Crippen LogP contribution is -2.48. The maximum Gasteiger partial charge on any atom is 0.166 e.